The van der Waals surface area contributed by atoms with Gasteiger partial charge in [0.1, 0.15) is 5.75 Å². The molecule has 2 N–H and O–H groups in total. The van der Waals surface area contributed by atoms with Crippen LogP contribution in [0.25, 0.3) is 11.3 Å². The molecule has 0 aliphatic carbocycles. The third-order valence-corrected chi connectivity index (χ3v) is 3.29. The summed E-state index contributed by atoms with van der Waals surface area (Å²) in [5, 5.41) is 15.9. The van der Waals surface area contributed by atoms with Crippen molar-refractivity contribution in [3.8, 4) is 17.1 Å². The van der Waals surface area contributed by atoms with Crippen molar-refractivity contribution in [3.05, 3.63) is 65.9 Å². The molecule has 0 aliphatic rings. The van der Waals surface area contributed by atoms with E-state index in [9.17, 15) is 9.90 Å². The van der Waals surface area contributed by atoms with E-state index in [0.29, 0.717) is 5.76 Å². The number of hydrogen-bond donors (Lipinski definition) is 2. The van der Waals surface area contributed by atoms with Crippen LogP contribution in [0.15, 0.2) is 59.1 Å². The molecule has 3 aromatic rings. The first-order chi connectivity index (χ1) is 10.6. The molecule has 5 heteroatoms. The Morgan fingerprint density at radius 3 is 2.59 bits per heavy atom. The Balaban J connectivity index is 1.80. The molecule has 110 valence electrons. The number of aromatic hydroxyl groups is 1. The molecular formula is C17H14N2O3. The maximum atomic E-state index is 12.2. The second-order valence-corrected chi connectivity index (χ2v) is 4.89. The van der Waals surface area contributed by atoms with Crippen LogP contribution < -0.4 is 5.32 Å². The molecule has 2 aromatic carbocycles. The lowest BCUT2D eigenvalue weighted by atomic mass is 10.1. The van der Waals surface area contributed by atoms with Crippen LogP contribution in [0.4, 0.5) is 5.69 Å². The zero-order valence-electron chi connectivity index (χ0n) is 11.9. The standard InChI is InChI=1S/C17H14N2O3/c1-11-4-2-3-5-14(11)18-17(21)15-10-16(22-19-15)12-6-8-13(20)9-7-12/h2-10,20H,1H3,(H,18,21). The van der Waals surface area contributed by atoms with Crippen LogP contribution in [0, 0.1) is 6.92 Å². The van der Waals surface area contributed by atoms with Crippen LogP contribution in [0.3, 0.4) is 0 Å². The van der Waals surface area contributed by atoms with Gasteiger partial charge in [-0.3, -0.25) is 4.79 Å². The van der Waals surface area contributed by atoms with Gasteiger partial charge < -0.3 is 14.9 Å². The normalized spacial score (nSPS) is 10.4. The summed E-state index contributed by atoms with van der Waals surface area (Å²) in [6.07, 6.45) is 0. The number of hydrogen-bond acceptors (Lipinski definition) is 4. The molecule has 0 saturated heterocycles. The van der Waals surface area contributed by atoms with E-state index in [1.807, 2.05) is 31.2 Å². The van der Waals surface area contributed by atoms with Crippen LogP contribution in [0.1, 0.15) is 16.1 Å². The van der Waals surface area contributed by atoms with E-state index in [-0.39, 0.29) is 17.4 Å². The van der Waals surface area contributed by atoms with Gasteiger partial charge in [-0.25, -0.2) is 0 Å². The molecule has 0 saturated carbocycles. The summed E-state index contributed by atoms with van der Waals surface area (Å²) in [4.78, 5) is 12.2. The monoisotopic (exact) mass is 294 g/mol. The van der Waals surface area contributed by atoms with E-state index in [1.54, 1.807) is 30.3 Å². The molecule has 0 radical (unpaired) electrons. The number of para-hydroxylation sites is 1. The number of benzene rings is 2. The molecular weight excluding hydrogens is 280 g/mol. The molecule has 22 heavy (non-hydrogen) atoms. The highest BCUT2D eigenvalue weighted by atomic mass is 16.5. The Labute approximate surface area is 127 Å². The first kappa shape index (κ1) is 13.9. The van der Waals surface area contributed by atoms with Gasteiger partial charge in [0.25, 0.3) is 5.91 Å². The molecule has 0 bridgehead atoms. The number of aryl methyl sites for hydroxylation is 1. The van der Waals surface area contributed by atoms with Gasteiger partial charge >= 0.3 is 0 Å². The fraction of sp³-hybridized carbons (Fsp3) is 0.0588. The van der Waals surface area contributed by atoms with Crippen LogP contribution in [0.2, 0.25) is 0 Å². The van der Waals surface area contributed by atoms with Crippen LogP contribution in [-0.4, -0.2) is 16.2 Å². The summed E-state index contributed by atoms with van der Waals surface area (Å²) in [5.74, 6) is 0.304. The molecule has 0 fully saturated rings. The fourth-order valence-electron chi connectivity index (χ4n) is 2.04. The Morgan fingerprint density at radius 2 is 1.86 bits per heavy atom. The van der Waals surface area contributed by atoms with E-state index in [2.05, 4.69) is 10.5 Å². The van der Waals surface area contributed by atoms with Gasteiger partial charge in [0.05, 0.1) is 0 Å². The molecule has 5 nitrogen and oxygen atoms in total. The first-order valence-electron chi connectivity index (χ1n) is 6.76. The minimum atomic E-state index is -0.330. The summed E-state index contributed by atoms with van der Waals surface area (Å²) in [5.41, 5.74) is 2.64. The van der Waals surface area contributed by atoms with Gasteiger partial charge in [-0.05, 0) is 42.8 Å². The third-order valence-electron chi connectivity index (χ3n) is 3.29. The summed E-state index contributed by atoms with van der Waals surface area (Å²) >= 11 is 0. The number of aromatic nitrogens is 1. The van der Waals surface area contributed by atoms with Gasteiger partial charge in [-0.2, -0.15) is 0 Å². The van der Waals surface area contributed by atoms with Crippen LogP contribution in [0.5, 0.6) is 5.75 Å². The van der Waals surface area contributed by atoms with Gasteiger partial charge in [-0.1, -0.05) is 23.4 Å². The molecule has 0 aliphatic heterocycles. The lowest BCUT2D eigenvalue weighted by Crippen LogP contribution is -2.12. The van der Waals surface area contributed by atoms with Crippen molar-refractivity contribution in [2.45, 2.75) is 6.92 Å². The van der Waals surface area contributed by atoms with Gasteiger partial charge in [-0.15, -0.1) is 0 Å². The summed E-state index contributed by atoms with van der Waals surface area (Å²) < 4.78 is 5.19. The highest BCUT2D eigenvalue weighted by molar-refractivity contribution is 6.03. The van der Waals surface area contributed by atoms with Gasteiger partial charge in [0.15, 0.2) is 11.5 Å². The van der Waals surface area contributed by atoms with E-state index in [0.717, 1.165) is 16.8 Å². The van der Waals surface area contributed by atoms with E-state index < -0.39 is 0 Å². The maximum Gasteiger partial charge on any atom is 0.277 e. The predicted molar refractivity (Wildman–Crippen MR) is 82.7 cm³/mol. The Morgan fingerprint density at radius 1 is 1.14 bits per heavy atom. The van der Waals surface area contributed by atoms with Crippen molar-refractivity contribution in [2.24, 2.45) is 0 Å². The number of nitrogens with zero attached hydrogens (tertiary/aromatic N) is 1. The molecule has 0 unspecified atom stereocenters. The SMILES string of the molecule is Cc1ccccc1NC(=O)c1cc(-c2ccc(O)cc2)on1. The number of nitrogens with one attached hydrogen (secondary N) is 1. The molecule has 1 heterocycles. The second kappa shape index (κ2) is 5.73. The van der Waals surface area contributed by atoms with Crippen molar-refractivity contribution in [2.75, 3.05) is 5.32 Å². The Bertz CT molecular complexity index is 807. The topological polar surface area (TPSA) is 75.4 Å². The van der Waals surface area contributed by atoms with Crippen molar-refractivity contribution in [3.63, 3.8) is 0 Å². The number of carbonyl (C=O) groups is 1. The van der Waals surface area contributed by atoms with E-state index in [4.69, 9.17) is 4.52 Å². The van der Waals surface area contributed by atoms with Gasteiger partial charge in [0, 0.05) is 17.3 Å². The number of phenolic OH excluding ortho intramolecular Hbond substituents is 1. The Kier molecular flexibility index (Phi) is 3.62. The number of phenols is 1. The van der Waals surface area contributed by atoms with Crippen molar-refractivity contribution in [1.82, 2.24) is 5.16 Å². The Hall–Kier alpha value is -3.08. The summed E-state index contributed by atoms with van der Waals surface area (Å²) in [7, 11) is 0. The number of rotatable bonds is 3. The highest BCUT2D eigenvalue weighted by Crippen LogP contribution is 2.23. The second-order valence-electron chi connectivity index (χ2n) is 4.89. The first-order valence-corrected chi connectivity index (χ1v) is 6.76. The molecule has 0 spiro atoms. The molecule has 0 atom stereocenters. The zero-order valence-corrected chi connectivity index (χ0v) is 11.9. The predicted octanol–water partition coefficient (Wildman–Crippen LogP) is 3.61. The highest BCUT2D eigenvalue weighted by Gasteiger charge is 2.14. The average Bonchev–Trinajstić information content (AvgIpc) is 3.00. The minimum Gasteiger partial charge on any atom is -0.508 e. The van der Waals surface area contributed by atoms with Crippen molar-refractivity contribution in [1.29, 1.82) is 0 Å². The summed E-state index contributed by atoms with van der Waals surface area (Å²) in [6.45, 7) is 1.92. The molecule has 1 aromatic heterocycles. The lowest BCUT2D eigenvalue weighted by Gasteiger charge is -2.05. The number of carbonyl (C=O) groups excluding carboxylic acids is 1. The average molecular weight is 294 g/mol. The quantitative estimate of drug-likeness (QED) is 0.773. The van der Waals surface area contributed by atoms with E-state index in [1.165, 1.54) is 0 Å². The largest absolute Gasteiger partial charge is 0.508 e. The molecule has 1 amide bonds. The maximum absolute atomic E-state index is 12.2. The third kappa shape index (κ3) is 2.83. The van der Waals surface area contributed by atoms with Gasteiger partial charge in [0.2, 0.25) is 0 Å². The number of anilines is 1. The number of amides is 1. The molecule has 3 rings (SSSR count). The summed E-state index contributed by atoms with van der Waals surface area (Å²) in [6, 6.07) is 15.6. The lowest BCUT2D eigenvalue weighted by molar-refractivity contribution is 0.101. The van der Waals surface area contributed by atoms with Crippen molar-refractivity contribution < 1.29 is 14.4 Å². The fourth-order valence-corrected chi connectivity index (χ4v) is 2.04. The van der Waals surface area contributed by atoms with Crippen molar-refractivity contribution >= 4 is 11.6 Å². The smallest absolute Gasteiger partial charge is 0.277 e. The minimum absolute atomic E-state index is 0.167. The van der Waals surface area contributed by atoms with E-state index >= 15 is 0 Å². The van der Waals surface area contributed by atoms with Crippen LogP contribution >= 0.6 is 0 Å². The zero-order chi connectivity index (χ0) is 15.5. The van der Waals surface area contributed by atoms with Crippen LogP contribution in [-0.2, 0) is 0 Å².